The topological polar surface area (TPSA) is 109 Å². The van der Waals surface area contributed by atoms with Crippen LogP contribution in [-0.2, 0) is 14.3 Å². The SMILES string of the molecule is COC(=O)c1ccc(C(=O)N2CCCN2C(=O)CNC(=O)CC(C)C)nc1. The third-order valence-corrected chi connectivity index (χ3v) is 3.99. The molecule has 0 spiro atoms. The molecule has 3 amide bonds. The maximum Gasteiger partial charge on any atom is 0.339 e. The number of ether oxygens (including phenoxy) is 1. The summed E-state index contributed by atoms with van der Waals surface area (Å²) in [5.41, 5.74) is 0.350. The van der Waals surface area contributed by atoms with Crippen molar-refractivity contribution in [3.05, 3.63) is 29.6 Å². The first kappa shape index (κ1) is 20.3. The average molecular weight is 376 g/mol. The zero-order valence-corrected chi connectivity index (χ0v) is 15.7. The molecule has 9 heteroatoms. The van der Waals surface area contributed by atoms with Gasteiger partial charge in [0.25, 0.3) is 11.8 Å². The Kier molecular flexibility index (Phi) is 6.86. The van der Waals surface area contributed by atoms with Crippen LogP contribution in [0.1, 0.15) is 47.5 Å². The van der Waals surface area contributed by atoms with E-state index in [1.165, 1.54) is 35.5 Å². The van der Waals surface area contributed by atoms with Gasteiger partial charge in [-0.15, -0.1) is 0 Å². The van der Waals surface area contributed by atoms with Crippen molar-refractivity contribution in [3.8, 4) is 0 Å². The number of rotatable bonds is 6. The van der Waals surface area contributed by atoms with Crippen molar-refractivity contribution in [1.82, 2.24) is 20.3 Å². The van der Waals surface area contributed by atoms with Crippen molar-refractivity contribution < 1.29 is 23.9 Å². The van der Waals surface area contributed by atoms with Crippen LogP contribution >= 0.6 is 0 Å². The van der Waals surface area contributed by atoms with Gasteiger partial charge in [0.15, 0.2) is 0 Å². The summed E-state index contributed by atoms with van der Waals surface area (Å²) in [5, 5.41) is 5.22. The van der Waals surface area contributed by atoms with Gasteiger partial charge in [-0.3, -0.25) is 19.4 Å². The highest BCUT2D eigenvalue weighted by molar-refractivity contribution is 5.95. The van der Waals surface area contributed by atoms with Gasteiger partial charge < -0.3 is 10.1 Å². The second kappa shape index (κ2) is 9.11. The molecule has 0 aliphatic carbocycles. The Morgan fingerprint density at radius 1 is 1.19 bits per heavy atom. The Hall–Kier alpha value is -2.97. The van der Waals surface area contributed by atoms with E-state index in [0.29, 0.717) is 25.9 Å². The number of hydrogen-bond acceptors (Lipinski definition) is 6. The summed E-state index contributed by atoms with van der Waals surface area (Å²) in [6.07, 6.45) is 2.23. The van der Waals surface area contributed by atoms with Crippen LogP contribution in [0.25, 0.3) is 0 Å². The molecule has 1 aliphatic heterocycles. The van der Waals surface area contributed by atoms with Crippen LogP contribution in [0.15, 0.2) is 18.3 Å². The molecule has 1 saturated heterocycles. The first-order chi connectivity index (χ1) is 12.8. The van der Waals surface area contributed by atoms with Crippen LogP contribution in [0.3, 0.4) is 0 Å². The van der Waals surface area contributed by atoms with Gasteiger partial charge in [-0.1, -0.05) is 13.8 Å². The minimum Gasteiger partial charge on any atom is -0.465 e. The van der Waals surface area contributed by atoms with Gasteiger partial charge in [0.2, 0.25) is 5.91 Å². The Morgan fingerprint density at radius 2 is 1.89 bits per heavy atom. The van der Waals surface area contributed by atoms with Crippen LogP contribution in [-0.4, -0.2) is 65.4 Å². The van der Waals surface area contributed by atoms with Crippen molar-refractivity contribution in [2.75, 3.05) is 26.7 Å². The molecule has 1 N–H and O–H groups in total. The minimum absolute atomic E-state index is 0.117. The summed E-state index contributed by atoms with van der Waals surface area (Å²) in [4.78, 5) is 52.2. The fourth-order valence-electron chi connectivity index (χ4n) is 2.68. The summed E-state index contributed by atoms with van der Waals surface area (Å²) in [5.74, 6) is -1.34. The molecule has 1 aromatic rings. The van der Waals surface area contributed by atoms with Gasteiger partial charge in [0, 0.05) is 25.7 Å². The lowest BCUT2D eigenvalue weighted by molar-refractivity contribution is -0.141. The van der Waals surface area contributed by atoms with E-state index in [4.69, 9.17) is 0 Å². The van der Waals surface area contributed by atoms with E-state index in [2.05, 4.69) is 15.0 Å². The molecule has 27 heavy (non-hydrogen) atoms. The molecule has 0 atom stereocenters. The summed E-state index contributed by atoms with van der Waals surface area (Å²) in [6, 6.07) is 2.86. The number of amides is 3. The van der Waals surface area contributed by atoms with E-state index in [0.717, 1.165) is 0 Å². The van der Waals surface area contributed by atoms with Gasteiger partial charge in [-0.2, -0.15) is 0 Å². The maximum absolute atomic E-state index is 12.7. The largest absolute Gasteiger partial charge is 0.465 e. The van der Waals surface area contributed by atoms with Crippen molar-refractivity contribution in [3.63, 3.8) is 0 Å². The first-order valence-corrected chi connectivity index (χ1v) is 8.76. The number of pyridine rings is 1. The Bertz CT molecular complexity index is 717. The second-order valence-corrected chi connectivity index (χ2v) is 6.60. The van der Waals surface area contributed by atoms with Crippen molar-refractivity contribution in [2.24, 2.45) is 5.92 Å². The smallest absolute Gasteiger partial charge is 0.339 e. The molecular weight excluding hydrogens is 352 g/mol. The normalized spacial score (nSPS) is 13.6. The van der Waals surface area contributed by atoms with Crippen molar-refractivity contribution in [1.29, 1.82) is 0 Å². The number of hydrogen-bond donors (Lipinski definition) is 1. The van der Waals surface area contributed by atoms with Gasteiger partial charge >= 0.3 is 5.97 Å². The Balaban J connectivity index is 2.00. The Labute approximate surface area is 157 Å². The van der Waals surface area contributed by atoms with E-state index in [9.17, 15) is 19.2 Å². The van der Waals surface area contributed by atoms with Crippen LogP contribution in [0.4, 0.5) is 0 Å². The number of hydrazine groups is 1. The molecule has 2 rings (SSSR count). The summed E-state index contributed by atoms with van der Waals surface area (Å²) < 4.78 is 4.59. The highest BCUT2D eigenvalue weighted by atomic mass is 16.5. The predicted molar refractivity (Wildman–Crippen MR) is 95.4 cm³/mol. The molecule has 9 nitrogen and oxygen atoms in total. The molecule has 0 aromatic carbocycles. The van der Waals surface area contributed by atoms with E-state index in [1.807, 2.05) is 13.8 Å². The molecule has 1 aliphatic rings. The molecule has 2 heterocycles. The fourth-order valence-corrected chi connectivity index (χ4v) is 2.68. The standard InChI is InChI=1S/C18H24N4O5/c1-12(2)9-15(23)20-11-16(24)21-7-4-8-22(21)17(25)14-6-5-13(10-19-14)18(26)27-3/h5-6,10,12H,4,7-9,11H2,1-3H3,(H,20,23). The number of nitrogens with one attached hydrogen (secondary N) is 1. The number of aromatic nitrogens is 1. The summed E-state index contributed by atoms with van der Waals surface area (Å²) in [6.45, 7) is 4.45. The third-order valence-electron chi connectivity index (χ3n) is 3.99. The molecular formula is C18H24N4O5. The third kappa shape index (κ3) is 5.25. The van der Waals surface area contributed by atoms with Gasteiger partial charge in [0.05, 0.1) is 19.2 Å². The highest BCUT2D eigenvalue weighted by Gasteiger charge is 2.32. The number of methoxy groups -OCH3 is 1. The molecule has 1 fully saturated rings. The van der Waals surface area contributed by atoms with E-state index >= 15 is 0 Å². The van der Waals surface area contributed by atoms with Crippen LogP contribution in [0.2, 0.25) is 0 Å². The van der Waals surface area contributed by atoms with Crippen LogP contribution < -0.4 is 5.32 Å². The molecule has 1 aromatic heterocycles. The minimum atomic E-state index is -0.545. The van der Waals surface area contributed by atoms with Gasteiger partial charge in [0.1, 0.15) is 5.69 Å². The Morgan fingerprint density at radius 3 is 2.48 bits per heavy atom. The zero-order valence-electron chi connectivity index (χ0n) is 15.7. The molecule has 146 valence electrons. The molecule has 0 saturated carbocycles. The summed E-state index contributed by atoms with van der Waals surface area (Å²) >= 11 is 0. The molecule has 0 bridgehead atoms. The number of esters is 1. The van der Waals surface area contributed by atoms with Gasteiger partial charge in [-0.05, 0) is 24.5 Å². The lowest BCUT2D eigenvalue weighted by atomic mass is 10.1. The van der Waals surface area contributed by atoms with E-state index < -0.39 is 11.9 Å². The highest BCUT2D eigenvalue weighted by Crippen LogP contribution is 2.15. The van der Waals surface area contributed by atoms with E-state index in [1.54, 1.807) is 0 Å². The molecule has 0 radical (unpaired) electrons. The fraction of sp³-hybridized carbons (Fsp3) is 0.500. The summed E-state index contributed by atoms with van der Waals surface area (Å²) in [7, 11) is 1.26. The van der Waals surface area contributed by atoms with Crippen molar-refractivity contribution >= 4 is 23.7 Å². The zero-order chi connectivity index (χ0) is 20.0. The number of nitrogens with zero attached hydrogens (tertiary/aromatic N) is 3. The number of carbonyl (C=O) groups is 4. The quantitative estimate of drug-likeness (QED) is 0.729. The lowest BCUT2D eigenvalue weighted by Crippen LogP contribution is -2.48. The van der Waals surface area contributed by atoms with E-state index in [-0.39, 0.29) is 35.5 Å². The number of carbonyl (C=O) groups excluding carboxylic acids is 4. The van der Waals surface area contributed by atoms with Crippen LogP contribution in [0.5, 0.6) is 0 Å². The van der Waals surface area contributed by atoms with Gasteiger partial charge in [-0.25, -0.2) is 14.8 Å². The maximum atomic E-state index is 12.7. The first-order valence-electron chi connectivity index (χ1n) is 8.76. The van der Waals surface area contributed by atoms with Crippen LogP contribution in [0, 0.1) is 5.92 Å². The predicted octanol–water partition coefficient (Wildman–Crippen LogP) is 0.620. The van der Waals surface area contributed by atoms with Crippen molar-refractivity contribution in [2.45, 2.75) is 26.7 Å². The second-order valence-electron chi connectivity index (χ2n) is 6.60. The lowest BCUT2D eigenvalue weighted by Gasteiger charge is -2.27. The molecule has 0 unspecified atom stereocenters. The monoisotopic (exact) mass is 376 g/mol. The average Bonchev–Trinajstić information content (AvgIpc) is 3.14.